The molecular weight excluding hydrogens is 130 g/mol. The highest BCUT2D eigenvalue weighted by atomic mass is 16.5. The summed E-state index contributed by atoms with van der Waals surface area (Å²) in [5.41, 5.74) is 6.03. The van der Waals surface area contributed by atoms with Crippen molar-refractivity contribution in [1.82, 2.24) is 0 Å². The van der Waals surface area contributed by atoms with Crippen molar-refractivity contribution in [1.29, 1.82) is 0 Å². The molecule has 0 heterocycles. The molecule has 10 heavy (non-hydrogen) atoms. The molecule has 1 aliphatic carbocycles. The van der Waals surface area contributed by atoms with Crippen LogP contribution in [0.5, 0.6) is 0 Å². The van der Waals surface area contributed by atoms with Crippen molar-refractivity contribution in [3.8, 4) is 0 Å². The molecule has 0 aromatic heterocycles. The Bertz CT molecular complexity index is 194. The molecule has 1 rings (SSSR count). The lowest BCUT2D eigenvalue weighted by atomic mass is 10.1. The molecule has 3 N–H and O–H groups in total. The van der Waals surface area contributed by atoms with E-state index in [1.807, 2.05) is 0 Å². The quantitative estimate of drug-likeness (QED) is 0.573. The molecule has 0 aromatic rings. The fraction of sp³-hybridized carbons (Fsp3) is 0.429. The second-order valence-corrected chi connectivity index (χ2v) is 2.22. The molecule has 0 radical (unpaired) electrons. The van der Waals surface area contributed by atoms with Gasteiger partial charge in [0.15, 0.2) is 0 Å². The van der Waals surface area contributed by atoms with Crippen molar-refractivity contribution in [3.05, 3.63) is 23.3 Å². The molecule has 3 nitrogen and oxygen atoms in total. The lowest BCUT2D eigenvalue weighted by molar-refractivity contribution is 0.261. The van der Waals surface area contributed by atoms with Crippen LogP contribution in [0.4, 0.5) is 0 Å². The van der Waals surface area contributed by atoms with Gasteiger partial charge in [-0.2, -0.15) is 0 Å². The van der Waals surface area contributed by atoms with Gasteiger partial charge in [0.05, 0.1) is 18.6 Å². The SMILES string of the molecule is COC1=C(N)C=C(O)CC1. The molecule has 1 aliphatic rings. The van der Waals surface area contributed by atoms with Gasteiger partial charge in [0.25, 0.3) is 0 Å². The third-order valence-electron chi connectivity index (χ3n) is 1.50. The van der Waals surface area contributed by atoms with Crippen LogP contribution in [0.15, 0.2) is 23.3 Å². The lowest BCUT2D eigenvalue weighted by Gasteiger charge is -2.12. The number of hydrogen-bond donors (Lipinski definition) is 2. The van der Waals surface area contributed by atoms with Gasteiger partial charge in [-0.25, -0.2) is 0 Å². The molecular formula is C7H11NO2. The summed E-state index contributed by atoms with van der Waals surface area (Å²) in [7, 11) is 1.58. The molecule has 3 heteroatoms. The molecule has 0 amide bonds. The predicted octanol–water partition coefficient (Wildman–Crippen LogP) is 1.04. The zero-order valence-electron chi connectivity index (χ0n) is 5.92. The summed E-state index contributed by atoms with van der Waals surface area (Å²) in [6.07, 6.45) is 2.86. The first kappa shape index (κ1) is 6.99. The topological polar surface area (TPSA) is 55.5 Å². The van der Waals surface area contributed by atoms with Gasteiger partial charge in [-0.05, 0) is 0 Å². The van der Waals surface area contributed by atoms with Gasteiger partial charge >= 0.3 is 0 Å². The molecule has 0 aliphatic heterocycles. The fourth-order valence-electron chi connectivity index (χ4n) is 0.938. The number of allylic oxidation sites excluding steroid dienone is 3. The average molecular weight is 141 g/mol. The van der Waals surface area contributed by atoms with Crippen molar-refractivity contribution in [2.24, 2.45) is 5.73 Å². The smallest absolute Gasteiger partial charge is 0.119 e. The number of aliphatic hydroxyl groups is 1. The molecule has 0 fully saturated rings. The Morgan fingerprint density at radius 2 is 2.30 bits per heavy atom. The summed E-state index contributed by atoms with van der Waals surface area (Å²) in [4.78, 5) is 0. The Hall–Kier alpha value is -1.12. The molecule has 0 aromatic carbocycles. The van der Waals surface area contributed by atoms with Crippen molar-refractivity contribution >= 4 is 0 Å². The Morgan fingerprint density at radius 3 is 2.80 bits per heavy atom. The van der Waals surface area contributed by atoms with Crippen LogP contribution < -0.4 is 5.73 Å². The van der Waals surface area contributed by atoms with Crippen molar-refractivity contribution < 1.29 is 9.84 Å². The summed E-state index contributed by atoms with van der Waals surface area (Å²) in [6.45, 7) is 0. The van der Waals surface area contributed by atoms with Crippen LogP contribution in [0.2, 0.25) is 0 Å². The number of methoxy groups -OCH3 is 1. The number of nitrogens with two attached hydrogens (primary N) is 1. The Labute approximate surface area is 59.8 Å². The van der Waals surface area contributed by atoms with E-state index in [1.165, 1.54) is 6.08 Å². The lowest BCUT2D eigenvalue weighted by Crippen LogP contribution is -2.07. The third-order valence-corrected chi connectivity index (χ3v) is 1.50. The number of rotatable bonds is 1. The van der Waals surface area contributed by atoms with Crippen LogP contribution in [-0.4, -0.2) is 12.2 Å². The van der Waals surface area contributed by atoms with E-state index in [4.69, 9.17) is 15.6 Å². The van der Waals surface area contributed by atoms with E-state index < -0.39 is 0 Å². The molecule has 56 valence electrons. The second-order valence-electron chi connectivity index (χ2n) is 2.22. The van der Waals surface area contributed by atoms with E-state index in [0.29, 0.717) is 24.3 Å². The van der Waals surface area contributed by atoms with Crippen LogP contribution in [0.1, 0.15) is 12.8 Å². The fourth-order valence-corrected chi connectivity index (χ4v) is 0.938. The minimum atomic E-state index is 0.332. The number of hydrogen-bond acceptors (Lipinski definition) is 3. The molecule has 0 saturated heterocycles. The highest BCUT2D eigenvalue weighted by molar-refractivity contribution is 5.25. The van der Waals surface area contributed by atoms with E-state index >= 15 is 0 Å². The van der Waals surface area contributed by atoms with E-state index in [0.717, 1.165) is 5.76 Å². The van der Waals surface area contributed by atoms with Gasteiger partial charge in [-0.15, -0.1) is 0 Å². The standard InChI is InChI=1S/C7H11NO2/c1-10-7-3-2-5(9)4-6(7)8/h4,9H,2-3,8H2,1H3. The summed E-state index contributed by atoms with van der Waals surface area (Å²) in [6, 6.07) is 0. The highest BCUT2D eigenvalue weighted by Gasteiger charge is 2.09. The highest BCUT2D eigenvalue weighted by Crippen LogP contribution is 2.19. The number of ether oxygens (including phenoxy) is 1. The Morgan fingerprint density at radius 1 is 1.60 bits per heavy atom. The first-order chi connectivity index (χ1) is 4.74. The molecule has 0 spiro atoms. The van der Waals surface area contributed by atoms with Crippen LogP contribution in [0.3, 0.4) is 0 Å². The summed E-state index contributed by atoms with van der Waals surface area (Å²) >= 11 is 0. The van der Waals surface area contributed by atoms with Crippen LogP contribution in [0, 0.1) is 0 Å². The zero-order valence-corrected chi connectivity index (χ0v) is 5.92. The predicted molar refractivity (Wildman–Crippen MR) is 38.2 cm³/mol. The molecule has 0 saturated carbocycles. The summed E-state index contributed by atoms with van der Waals surface area (Å²) in [5.74, 6) is 1.09. The van der Waals surface area contributed by atoms with E-state index in [2.05, 4.69) is 0 Å². The number of aliphatic hydroxyl groups excluding tert-OH is 1. The van der Waals surface area contributed by atoms with Crippen molar-refractivity contribution in [2.45, 2.75) is 12.8 Å². The third kappa shape index (κ3) is 1.23. The summed E-state index contributed by atoms with van der Waals surface area (Å²) < 4.78 is 4.95. The first-order valence-electron chi connectivity index (χ1n) is 3.16. The molecule has 0 atom stereocenters. The van der Waals surface area contributed by atoms with Crippen LogP contribution in [0.25, 0.3) is 0 Å². The van der Waals surface area contributed by atoms with Gasteiger partial charge in [0.2, 0.25) is 0 Å². The largest absolute Gasteiger partial charge is 0.512 e. The van der Waals surface area contributed by atoms with Gasteiger partial charge in [0, 0.05) is 18.9 Å². The van der Waals surface area contributed by atoms with Crippen molar-refractivity contribution in [2.75, 3.05) is 7.11 Å². The van der Waals surface area contributed by atoms with Gasteiger partial charge < -0.3 is 15.6 Å². The second kappa shape index (κ2) is 2.64. The van der Waals surface area contributed by atoms with E-state index in [9.17, 15) is 0 Å². The summed E-state index contributed by atoms with van der Waals surface area (Å²) in [5, 5.41) is 8.98. The maximum Gasteiger partial charge on any atom is 0.119 e. The van der Waals surface area contributed by atoms with Crippen LogP contribution in [-0.2, 0) is 4.74 Å². The van der Waals surface area contributed by atoms with Gasteiger partial charge in [-0.3, -0.25) is 0 Å². The first-order valence-corrected chi connectivity index (χ1v) is 3.16. The Kier molecular flexibility index (Phi) is 1.85. The average Bonchev–Trinajstić information content (AvgIpc) is 1.88. The molecule has 0 bridgehead atoms. The normalized spacial score (nSPS) is 18.7. The molecule has 0 unspecified atom stereocenters. The van der Waals surface area contributed by atoms with Crippen molar-refractivity contribution in [3.63, 3.8) is 0 Å². The van der Waals surface area contributed by atoms with E-state index in [1.54, 1.807) is 7.11 Å². The van der Waals surface area contributed by atoms with Gasteiger partial charge in [0.1, 0.15) is 5.76 Å². The Balaban J connectivity index is 2.80. The van der Waals surface area contributed by atoms with E-state index in [-0.39, 0.29) is 0 Å². The minimum absolute atomic E-state index is 0.332. The van der Waals surface area contributed by atoms with Gasteiger partial charge in [-0.1, -0.05) is 0 Å². The maximum atomic E-state index is 8.98. The maximum absolute atomic E-state index is 8.98. The van der Waals surface area contributed by atoms with Crippen LogP contribution >= 0.6 is 0 Å². The monoisotopic (exact) mass is 141 g/mol. The zero-order chi connectivity index (χ0) is 7.56. The minimum Gasteiger partial charge on any atom is -0.512 e.